The first-order chi connectivity index (χ1) is 7.06. The SMILES string of the molecule is C#CC(C)(C)c1cccc2ccn(C)c12. The van der Waals surface area contributed by atoms with Gasteiger partial charge in [0.1, 0.15) is 0 Å². The van der Waals surface area contributed by atoms with E-state index in [1.165, 1.54) is 16.5 Å². The molecule has 0 saturated carbocycles. The van der Waals surface area contributed by atoms with Crippen LogP contribution < -0.4 is 0 Å². The quantitative estimate of drug-likeness (QED) is 0.619. The maximum atomic E-state index is 5.59. The van der Waals surface area contributed by atoms with Crippen molar-refractivity contribution in [2.45, 2.75) is 19.3 Å². The lowest BCUT2D eigenvalue weighted by Crippen LogP contribution is -2.15. The number of para-hydroxylation sites is 1. The number of benzene rings is 1. The van der Waals surface area contributed by atoms with Crippen molar-refractivity contribution in [1.82, 2.24) is 4.57 Å². The van der Waals surface area contributed by atoms with Gasteiger partial charge in [0, 0.05) is 13.2 Å². The average Bonchev–Trinajstić information content (AvgIpc) is 2.60. The van der Waals surface area contributed by atoms with Gasteiger partial charge in [0.2, 0.25) is 0 Å². The number of hydrogen-bond acceptors (Lipinski definition) is 0. The first kappa shape index (κ1) is 9.86. The molecule has 2 rings (SSSR count). The zero-order valence-electron chi connectivity index (χ0n) is 9.41. The number of fused-ring (bicyclic) bond motifs is 1. The summed E-state index contributed by atoms with van der Waals surface area (Å²) >= 11 is 0. The second-order valence-electron chi connectivity index (χ2n) is 4.44. The number of hydrogen-bond donors (Lipinski definition) is 0. The molecule has 0 amide bonds. The van der Waals surface area contributed by atoms with Gasteiger partial charge in [-0.05, 0) is 30.9 Å². The Labute approximate surface area is 90.7 Å². The average molecular weight is 197 g/mol. The normalized spacial score (nSPS) is 11.6. The highest BCUT2D eigenvalue weighted by Crippen LogP contribution is 2.29. The van der Waals surface area contributed by atoms with Crippen LogP contribution in [0.4, 0.5) is 0 Å². The van der Waals surface area contributed by atoms with Crippen LogP contribution in [0, 0.1) is 12.3 Å². The summed E-state index contributed by atoms with van der Waals surface area (Å²) < 4.78 is 2.13. The van der Waals surface area contributed by atoms with Gasteiger partial charge in [-0.25, -0.2) is 0 Å². The van der Waals surface area contributed by atoms with E-state index in [1.54, 1.807) is 0 Å². The molecule has 0 saturated heterocycles. The van der Waals surface area contributed by atoms with Crippen LogP contribution in [0.5, 0.6) is 0 Å². The summed E-state index contributed by atoms with van der Waals surface area (Å²) in [6.07, 6.45) is 7.66. The Bertz CT molecular complexity index is 538. The summed E-state index contributed by atoms with van der Waals surface area (Å²) in [5, 5.41) is 1.25. The van der Waals surface area contributed by atoms with Crippen molar-refractivity contribution >= 4 is 10.9 Å². The van der Waals surface area contributed by atoms with Crippen LogP contribution in [0.1, 0.15) is 19.4 Å². The highest BCUT2D eigenvalue weighted by Gasteiger charge is 2.20. The van der Waals surface area contributed by atoms with Gasteiger partial charge in [0.15, 0.2) is 0 Å². The van der Waals surface area contributed by atoms with Gasteiger partial charge in [-0.2, -0.15) is 0 Å². The van der Waals surface area contributed by atoms with Crippen molar-refractivity contribution in [3.05, 3.63) is 36.0 Å². The largest absolute Gasteiger partial charge is 0.350 e. The van der Waals surface area contributed by atoms with Crippen LogP contribution in [0.15, 0.2) is 30.5 Å². The summed E-state index contributed by atoms with van der Waals surface area (Å²) in [4.78, 5) is 0. The molecule has 0 bridgehead atoms. The fourth-order valence-corrected chi connectivity index (χ4v) is 1.94. The van der Waals surface area contributed by atoms with Crippen LogP contribution in [0.2, 0.25) is 0 Å². The fraction of sp³-hybridized carbons (Fsp3) is 0.286. The molecular formula is C14H15N. The lowest BCUT2D eigenvalue weighted by atomic mass is 9.84. The van der Waals surface area contributed by atoms with Gasteiger partial charge in [0.25, 0.3) is 0 Å². The number of aromatic nitrogens is 1. The molecule has 0 radical (unpaired) electrons. The van der Waals surface area contributed by atoms with Crippen LogP contribution in [0.3, 0.4) is 0 Å². The lowest BCUT2D eigenvalue weighted by Gasteiger charge is -2.20. The van der Waals surface area contributed by atoms with Gasteiger partial charge < -0.3 is 4.57 Å². The molecule has 0 N–H and O–H groups in total. The van der Waals surface area contributed by atoms with E-state index in [-0.39, 0.29) is 5.41 Å². The molecule has 76 valence electrons. The molecule has 1 nitrogen and oxygen atoms in total. The minimum Gasteiger partial charge on any atom is -0.350 e. The fourth-order valence-electron chi connectivity index (χ4n) is 1.94. The summed E-state index contributed by atoms with van der Waals surface area (Å²) in [6.45, 7) is 4.16. The zero-order valence-corrected chi connectivity index (χ0v) is 9.41. The third kappa shape index (κ3) is 1.43. The predicted molar refractivity (Wildman–Crippen MR) is 64.8 cm³/mol. The summed E-state index contributed by atoms with van der Waals surface area (Å²) in [6, 6.07) is 8.41. The Kier molecular flexibility index (Phi) is 2.08. The molecule has 0 atom stereocenters. The topological polar surface area (TPSA) is 4.93 Å². The maximum Gasteiger partial charge on any atom is 0.0525 e. The van der Waals surface area contributed by atoms with Gasteiger partial charge in [-0.1, -0.05) is 24.1 Å². The minimum absolute atomic E-state index is 0.217. The van der Waals surface area contributed by atoms with E-state index in [9.17, 15) is 0 Å². The first-order valence-electron chi connectivity index (χ1n) is 5.08. The van der Waals surface area contributed by atoms with E-state index in [0.29, 0.717) is 0 Å². The van der Waals surface area contributed by atoms with E-state index in [1.807, 2.05) is 0 Å². The molecule has 0 fully saturated rings. The van der Waals surface area contributed by atoms with Gasteiger partial charge in [-0.15, -0.1) is 6.42 Å². The summed E-state index contributed by atoms with van der Waals surface area (Å²) in [5.41, 5.74) is 2.24. The predicted octanol–water partition coefficient (Wildman–Crippen LogP) is 3.09. The molecule has 2 aromatic rings. The zero-order chi connectivity index (χ0) is 11.1. The Morgan fingerprint density at radius 2 is 2.00 bits per heavy atom. The van der Waals surface area contributed by atoms with Crippen molar-refractivity contribution in [1.29, 1.82) is 0 Å². The Morgan fingerprint density at radius 1 is 1.27 bits per heavy atom. The van der Waals surface area contributed by atoms with E-state index >= 15 is 0 Å². The second-order valence-corrected chi connectivity index (χ2v) is 4.44. The van der Waals surface area contributed by atoms with Crippen LogP contribution in [-0.2, 0) is 12.5 Å². The van der Waals surface area contributed by atoms with Gasteiger partial charge in [0.05, 0.1) is 10.9 Å². The highest BCUT2D eigenvalue weighted by molar-refractivity contribution is 5.84. The summed E-state index contributed by atoms with van der Waals surface area (Å²) in [7, 11) is 2.05. The third-order valence-electron chi connectivity index (χ3n) is 2.93. The molecule has 0 spiro atoms. The summed E-state index contributed by atoms with van der Waals surface area (Å²) in [5.74, 6) is 2.85. The Hall–Kier alpha value is -1.68. The van der Waals surface area contributed by atoms with Crippen molar-refractivity contribution in [3.8, 4) is 12.3 Å². The first-order valence-corrected chi connectivity index (χ1v) is 5.08. The van der Waals surface area contributed by atoms with Crippen molar-refractivity contribution < 1.29 is 0 Å². The molecule has 0 aliphatic heterocycles. The van der Waals surface area contributed by atoms with Crippen LogP contribution >= 0.6 is 0 Å². The van der Waals surface area contributed by atoms with Crippen molar-refractivity contribution in [3.63, 3.8) is 0 Å². The molecule has 1 heteroatoms. The number of aryl methyl sites for hydroxylation is 1. The molecule has 1 heterocycles. The van der Waals surface area contributed by atoms with Gasteiger partial charge in [-0.3, -0.25) is 0 Å². The molecular weight excluding hydrogens is 182 g/mol. The van der Waals surface area contributed by atoms with E-state index in [0.717, 1.165) is 0 Å². The Morgan fingerprint density at radius 3 is 2.67 bits per heavy atom. The minimum atomic E-state index is -0.217. The second kappa shape index (κ2) is 3.17. The van der Waals surface area contributed by atoms with E-state index < -0.39 is 0 Å². The van der Waals surface area contributed by atoms with E-state index in [2.05, 4.69) is 61.8 Å². The third-order valence-corrected chi connectivity index (χ3v) is 2.93. The molecule has 1 aromatic heterocycles. The molecule has 15 heavy (non-hydrogen) atoms. The Balaban J connectivity index is 2.82. The molecule has 1 aromatic carbocycles. The van der Waals surface area contributed by atoms with Gasteiger partial charge >= 0.3 is 0 Å². The monoisotopic (exact) mass is 197 g/mol. The number of rotatable bonds is 1. The standard InChI is InChI=1S/C14H15N/c1-5-14(2,3)12-8-6-7-11-9-10-15(4)13(11)12/h1,6-10H,2-4H3. The molecule has 0 unspecified atom stereocenters. The van der Waals surface area contributed by atoms with Crippen molar-refractivity contribution in [2.75, 3.05) is 0 Å². The maximum absolute atomic E-state index is 5.59. The number of nitrogens with zero attached hydrogens (tertiary/aromatic N) is 1. The number of terminal acetylenes is 1. The van der Waals surface area contributed by atoms with Crippen LogP contribution in [0.25, 0.3) is 10.9 Å². The van der Waals surface area contributed by atoms with E-state index in [4.69, 9.17) is 6.42 Å². The smallest absolute Gasteiger partial charge is 0.0525 e. The lowest BCUT2D eigenvalue weighted by molar-refractivity contribution is 0.700. The molecule has 0 aliphatic carbocycles. The molecule has 0 aliphatic rings. The van der Waals surface area contributed by atoms with Crippen molar-refractivity contribution in [2.24, 2.45) is 7.05 Å². The van der Waals surface area contributed by atoms with Crippen LogP contribution in [-0.4, -0.2) is 4.57 Å². The highest BCUT2D eigenvalue weighted by atomic mass is 14.9.